The molecule has 2 nitrogen and oxygen atoms in total. The highest BCUT2D eigenvalue weighted by Gasteiger charge is 2.18. The Hall–Kier alpha value is -0.350. The lowest BCUT2D eigenvalue weighted by molar-refractivity contribution is 0.0757. The Kier molecular flexibility index (Phi) is 4.99. The molecule has 16 heavy (non-hydrogen) atoms. The van der Waals surface area contributed by atoms with Crippen LogP contribution in [0.5, 0.6) is 0 Å². The minimum atomic E-state index is 0.0609. The minimum Gasteiger partial charge on any atom is -0.338 e. The van der Waals surface area contributed by atoms with Crippen LogP contribution >= 0.6 is 31.9 Å². The molecule has 0 aromatic heterocycles. The zero-order valence-electron chi connectivity index (χ0n) is 9.63. The molecule has 1 aromatic carbocycles. The van der Waals surface area contributed by atoms with E-state index in [9.17, 15) is 4.79 Å². The largest absolute Gasteiger partial charge is 0.338 e. The second-order valence-electron chi connectivity index (χ2n) is 3.88. The summed E-state index contributed by atoms with van der Waals surface area (Å²) in [6.07, 6.45) is 0. The van der Waals surface area contributed by atoms with Gasteiger partial charge >= 0.3 is 0 Å². The second-order valence-corrected chi connectivity index (χ2v) is 5.44. The first-order chi connectivity index (χ1) is 7.47. The number of rotatable bonds is 3. The van der Waals surface area contributed by atoms with Gasteiger partial charge in [-0.3, -0.25) is 4.79 Å². The molecule has 0 fully saturated rings. The molecule has 0 aliphatic heterocycles. The third-order valence-electron chi connectivity index (χ3n) is 2.63. The summed E-state index contributed by atoms with van der Waals surface area (Å²) in [5.74, 6) is 0.0609. The van der Waals surface area contributed by atoms with Gasteiger partial charge in [-0.15, -0.1) is 0 Å². The van der Waals surface area contributed by atoms with Crippen LogP contribution in [0.4, 0.5) is 0 Å². The van der Waals surface area contributed by atoms with Crippen molar-refractivity contribution in [3.8, 4) is 0 Å². The molecule has 0 saturated carbocycles. The van der Waals surface area contributed by atoms with E-state index in [1.54, 1.807) is 4.90 Å². The summed E-state index contributed by atoms with van der Waals surface area (Å²) in [5, 5.41) is 0.780. The number of hydrogen-bond acceptors (Lipinski definition) is 1. The van der Waals surface area contributed by atoms with Crippen molar-refractivity contribution in [2.45, 2.75) is 19.9 Å². The highest BCUT2D eigenvalue weighted by atomic mass is 79.9. The third kappa shape index (κ3) is 3.08. The van der Waals surface area contributed by atoms with Crippen LogP contribution in [0.25, 0.3) is 0 Å². The first kappa shape index (κ1) is 13.7. The van der Waals surface area contributed by atoms with Crippen LogP contribution in [0.2, 0.25) is 0 Å². The Balaban J connectivity index is 3.00. The van der Waals surface area contributed by atoms with E-state index >= 15 is 0 Å². The molecule has 1 atom stereocenters. The lowest BCUT2D eigenvalue weighted by Crippen LogP contribution is -2.36. The fourth-order valence-electron chi connectivity index (χ4n) is 1.32. The maximum absolute atomic E-state index is 12.2. The quantitative estimate of drug-likeness (QED) is 0.764. The van der Waals surface area contributed by atoms with Crippen molar-refractivity contribution in [2.75, 3.05) is 12.4 Å². The van der Waals surface area contributed by atoms with Crippen LogP contribution in [-0.4, -0.2) is 29.2 Å². The van der Waals surface area contributed by atoms with Crippen LogP contribution in [-0.2, 0) is 0 Å². The molecule has 0 aliphatic rings. The molecule has 88 valence electrons. The van der Waals surface area contributed by atoms with Gasteiger partial charge in [0.15, 0.2) is 0 Å². The van der Waals surface area contributed by atoms with Gasteiger partial charge < -0.3 is 4.90 Å². The molecule has 0 heterocycles. The van der Waals surface area contributed by atoms with Crippen molar-refractivity contribution < 1.29 is 4.79 Å². The van der Waals surface area contributed by atoms with E-state index < -0.39 is 0 Å². The predicted molar refractivity (Wildman–Crippen MR) is 74.2 cm³/mol. The van der Waals surface area contributed by atoms with Crippen molar-refractivity contribution >= 4 is 37.8 Å². The summed E-state index contributed by atoms with van der Waals surface area (Å²) in [6.45, 7) is 3.96. The number of carbonyl (C=O) groups excluding carboxylic acids is 1. The molecular formula is C12H15Br2NO. The van der Waals surface area contributed by atoms with Gasteiger partial charge in [0, 0.05) is 28.5 Å². The number of carbonyl (C=O) groups is 1. The van der Waals surface area contributed by atoms with Gasteiger partial charge in [-0.1, -0.05) is 37.9 Å². The van der Waals surface area contributed by atoms with Gasteiger partial charge in [-0.05, 0) is 31.5 Å². The first-order valence-corrected chi connectivity index (χ1v) is 6.98. The molecule has 1 amide bonds. The Bertz CT molecular complexity index is 393. The van der Waals surface area contributed by atoms with Crippen molar-refractivity contribution in [1.29, 1.82) is 0 Å². The molecular weight excluding hydrogens is 334 g/mol. The lowest BCUT2D eigenvalue weighted by Gasteiger charge is -2.24. The van der Waals surface area contributed by atoms with Crippen molar-refractivity contribution in [2.24, 2.45) is 0 Å². The summed E-state index contributed by atoms with van der Waals surface area (Å²) in [6, 6.07) is 5.95. The van der Waals surface area contributed by atoms with Crippen LogP contribution in [0.1, 0.15) is 22.8 Å². The fourth-order valence-corrected chi connectivity index (χ4v) is 2.11. The summed E-state index contributed by atoms with van der Waals surface area (Å²) >= 11 is 6.77. The van der Waals surface area contributed by atoms with E-state index in [1.807, 2.05) is 39.1 Å². The van der Waals surface area contributed by atoms with Gasteiger partial charge in [-0.2, -0.15) is 0 Å². The minimum absolute atomic E-state index is 0.0609. The molecule has 1 aromatic rings. The Morgan fingerprint density at radius 2 is 2.12 bits per heavy atom. The lowest BCUT2D eigenvalue weighted by atomic mass is 10.1. The van der Waals surface area contributed by atoms with Crippen molar-refractivity contribution in [1.82, 2.24) is 4.90 Å². The number of hydrogen-bond donors (Lipinski definition) is 0. The van der Waals surface area contributed by atoms with Crippen LogP contribution < -0.4 is 0 Å². The normalized spacial score (nSPS) is 12.3. The van der Waals surface area contributed by atoms with E-state index in [1.165, 1.54) is 0 Å². The van der Waals surface area contributed by atoms with Gasteiger partial charge in [-0.25, -0.2) is 0 Å². The average molecular weight is 349 g/mol. The van der Waals surface area contributed by atoms with E-state index in [0.29, 0.717) is 0 Å². The number of amides is 1. The van der Waals surface area contributed by atoms with Gasteiger partial charge in [0.1, 0.15) is 0 Å². The predicted octanol–water partition coefficient (Wildman–Crippen LogP) is 3.61. The topological polar surface area (TPSA) is 20.3 Å². The maximum atomic E-state index is 12.2. The molecule has 0 saturated heterocycles. The third-order valence-corrected chi connectivity index (χ3v) is 4.07. The number of nitrogens with zero attached hydrogens (tertiary/aromatic N) is 1. The van der Waals surface area contributed by atoms with Crippen molar-refractivity contribution in [3.05, 3.63) is 33.8 Å². The summed E-state index contributed by atoms with van der Waals surface area (Å²) in [7, 11) is 1.83. The zero-order chi connectivity index (χ0) is 12.3. The fraction of sp³-hybridized carbons (Fsp3) is 0.417. The number of benzene rings is 1. The van der Waals surface area contributed by atoms with Crippen LogP contribution in [0.3, 0.4) is 0 Å². The van der Waals surface area contributed by atoms with E-state index in [0.717, 1.165) is 20.9 Å². The highest BCUT2D eigenvalue weighted by Crippen LogP contribution is 2.18. The van der Waals surface area contributed by atoms with Gasteiger partial charge in [0.05, 0.1) is 0 Å². The van der Waals surface area contributed by atoms with Crippen molar-refractivity contribution in [3.63, 3.8) is 0 Å². The molecule has 0 radical (unpaired) electrons. The zero-order valence-corrected chi connectivity index (χ0v) is 12.8. The average Bonchev–Trinajstić information content (AvgIpc) is 2.29. The number of aryl methyl sites for hydroxylation is 1. The molecule has 0 spiro atoms. The Morgan fingerprint density at radius 1 is 1.50 bits per heavy atom. The monoisotopic (exact) mass is 347 g/mol. The number of alkyl halides is 1. The van der Waals surface area contributed by atoms with E-state index in [2.05, 4.69) is 31.9 Å². The SMILES string of the molecule is Cc1ccc(Br)cc1C(=O)N(C)C(C)CBr. The second kappa shape index (κ2) is 5.82. The molecule has 1 rings (SSSR count). The van der Waals surface area contributed by atoms with Crippen LogP contribution in [0.15, 0.2) is 22.7 Å². The Morgan fingerprint density at radius 3 is 2.69 bits per heavy atom. The summed E-state index contributed by atoms with van der Waals surface area (Å²) in [5.41, 5.74) is 1.76. The number of halogens is 2. The smallest absolute Gasteiger partial charge is 0.254 e. The van der Waals surface area contributed by atoms with E-state index in [4.69, 9.17) is 0 Å². The highest BCUT2D eigenvalue weighted by molar-refractivity contribution is 9.10. The molecule has 4 heteroatoms. The van der Waals surface area contributed by atoms with Crippen LogP contribution in [0, 0.1) is 6.92 Å². The molecule has 0 aliphatic carbocycles. The van der Waals surface area contributed by atoms with Gasteiger partial charge in [0.25, 0.3) is 5.91 Å². The molecule has 0 bridgehead atoms. The first-order valence-electron chi connectivity index (χ1n) is 5.06. The van der Waals surface area contributed by atoms with E-state index in [-0.39, 0.29) is 11.9 Å². The summed E-state index contributed by atoms with van der Waals surface area (Å²) < 4.78 is 0.932. The summed E-state index contributed by atoms with van der Waals surface area (Å²) in [4.78, 5) is 14.0. The molecule has 0 N–H and O–H groups in total. The standard InChI is InChI=1S/C12H15Br2NO/c1-8-4-5-10(14)6-11(8)12(16)15(3)9(2)7-13/h4-6,9H,7H2,1-3H3. The van der Waals surface area contributed by atoms with Gasteiger partial charge in [0.2, 0.25) is 0 Å². The molecule has 1 unspecified atom stereocenters. The maximum Gasteiger partial charge on any atom is 0.254 e. The Labute approximate surface area is 113 Å².